The van der Waals surface area contributed by atoms with Crippen LogP contribution >= 0.6 is 0 Å². The van der Waals surface area contributed by atoms with E-state index < -0.39 is 0 Å². The lowest BCUT2D eigenvalue weighted by molar-refractivity contribution is 0.0954. The molecule has 92 valence electrons. The Morgan fingerprint density at radius 2 is 1.76 bits per heavy atom. The van der Waals surface area contributed by atoms with Gasteiger partial charge in [-0.25, -0.2) is 5.43 Å². The van der Waals surface area contributed by atoms with Gasteiger partial charge in [0.25, 0.3) is 5.91 Å². The summed E-state index contributed by atoms with van der Waals surface area (Å²) >= 11 is 0. The lowest BCUT2D eigenvalue weighted by Crippen LogP contribution is -2.24. The van der Waals surface area contributed by atoms with E-state index in [2.05, 4.69) is 10.5 Å². The van der Waals surface area contributed by atoms with Crippen molar-refractivity contribution in [2.75, 3.05) is 5.73 Å². The van der Waals surface area contributed by atoms with Crippen LogP contribution in [0.5, 0.6) is 0 Å². The second-order valence-electron chi connectivity index (χ2n) is 5.01. The molecule has 4 nitrogen and oxygen atoms in total. The first-order chi connectivity index (χ1) is 7.80. The van der Waals surface area contributed by atoms with E-state index >= 15 is 0 Å². The number of amides is 1. The number of carbonyl (C=O) groups excluding carboxylic acids is 1. The van der Waals surface area contributed by atoms with Crippen LogP contribution in [0.4, 0.5) is 5.69 Å². The van der Waals surface area contributed by atoms with Gasteiger partial charge in [0.05, 0.1) is 0 Å². The Morgan fingerprint density at radius 3 is 2.24 bits per heavy atom. The fourth-order valence-electron chi connectivity index (χ4n) is 1.00. The van der Waals surface area contributed by atoms with Crippen LogP contribution in [-0.4, -0.2) is 11.6 Å². The number of nitrogens with zero attached hydrogens (tertiary/aromatic N) is 1. The molecule has 1 aromatic rings. The van der Waals surface area contributed by atoms with Crippen molar-refractivity contribution in [3.63, 3.8) is 0 Å². The summed E-state index contributed by atoms with van der Waals surface area (Å²) in [7, 11) is 0. The number of carbonyl (C=O) groups is 1. The van der Waals surface area contributed by atoms with Gasteiger partial charge in [-0.3, -0.25) is 4.79 Å². The number of nitrogen functional groups attached to an aromatic ring is 1. The highest BCUT2D eigenvalue weighted by Crippen LogP contribution is 2.15. The molecule has 1 rings (SSSR count). The van der Waals surface area contributed by atoms with Gasteiger partial charge in [0.2, 0.25) is 0 Å². The second kappa shape index (κ2) is 4.99. The molecule has 4 heteroatoms. The van der Waals surface area contributed by atoms with E-state index in [0.29, 0.717) is 11.3 Å². The molecule has 0 radical (unpaired) electrons. The summed E-state index contributed by atoms with van der Waals surface area (Å²) in [6.45, 7) is 8.02. The standard InChI is InChI=1S/C13H19N3O/c1-9(13(2,3)4)15-16-12(17)10-5-7-11(14)8-6-10/h5-8H,14H2,1-4H3,(H,16,17). The molecule has 0 aromatic heterocycles. The number of nitrogens with two attached hydrogens (primary N) is 1. The molecule has 0 unspecified atom stereocenters. The molecule has 3 N–H and O–H groups in total. The van der Waals surface area contributed by atoms with Crippen LogP contribution in [0.25, 0.3) is 0 Å². The Morgan fingerprint density at radius 1 is 1.24 bits per heavy atom. The lowest BCUT2D eigenvalue weighted by atomic mass is 9.91. The predicted octanol–water partition coefficient (Wildman–Crippen LogP) is 2.42. The van der Waals surface area contributed by atoms with E-state index in [1.54, 1.807) is 24.3 Å². The van der Waals surface area contributed by atoms with Gasteiger partial charge in [-0.2, -0.15) is 5.10 Å². The zero-order chi connectivity index (χ0) is 13.1. The van der Waals surface area contributed by atoms with Gasteiger partial charge in [0.15, 0.2) is 0 Å². The van der Waals surface area contributed by atoms with Gasteiger partial charge < -0.3 is 5.73 Å². The third kappa shape index (κ3) is 3.90. The molecule has 0 spiro atoms. The minimum atomic E-state index is -0.228. The Hall–Kier alpha value is -1.84. The molecule has 1 amide bonds. The monoisotopic (exact) mass is 233 g/mol. The van der Waals surface area contributed by atoms with Gasteiger partial charge >= 0.3 is 0 Å². The SMILES string of the molecule is CC(=NNC(=O)c1ccc(N)cc1)C(C)(C)C. The maximum atomic E-state index is 11.7. The van der Waals surface area contributed by atoms with Crippen LogP contribution < -0.4 is 11.2 Å². The van der Waals surface area contributed by atoms with Gasteiger partial charge in [-0.05, 0) is 31.2 Å². The Bertz CT molecular complexity index is 427. The van der Waals surface area contributed by atoms with Crippen molar-refractivity contribution in [2.24, 2.45) is 10.5 Å². The molecule has 0 saturated heterocycles. The number of hydrazone groups is 1. The first-order valence-electron chi connectivity index (χ1n) is 5.51. The molecule has 0 heterocycles. The fourth-order valence-corrected chi connectivity index (χ4v) is 1.00. The molecule has 17 heavy (non-hydrogen) atoms. The van der Waals surface area contributed by atoms with Crippen LogP contribution in [0.1, 0.15) is 38.1 Å². The number of hydrogen-bond acceptors (Lipinski definition) is 3. The van der Waals surface area contributed by atoms with Crippen molar-refractivity contribution in [3.05, 3.63) is 29.8 Å². The zero-order valence-electron chi connectivity index (χ0n) is 10.7. The minimum Gasteiger partial charge on any atom is -0.399 e. The number of nitrogens with one attached hydrogen (secondary N) is 1. The largest absolute Gasteiger partial charge is 0.399 e. The highest BCUT2D eigenvalue weighted by Gasteiger charge is 2.14. The number of hydrogen-bond donors (Lipinski definition) is 2. The second-order valence-corrected chi connectivity index (χ2v) is 5.01. The van der Waals surface area contributed by atoms with Crippen LogP contribution in [0.15, 0.2) is 29.4 Å². The first-order valence-corrected chi connectivity index (χ1v) is 5.51. The van der Waals surface area contributed by atoms with E-state index in [4.69, 9.17) is 5.73 Å². The number of rotatable bonds is 2. The van der Waals surface area contributed by atoms with Gasteiger partial charge in [0, 0.05) is 22.4 Å². The Balaban J connectivity index is 2.71. The third-order valence-corrected chi connectivity index (χ3v) is 2.58. The molecule has 0 aliphatic carbocycles. The summed E-state index contributed by atoms with van der Waals surface area (Å²) in [5.74, 6) is -0.228. The lowest BCUT2D eigenvalue weighted by Gasteiger charge is -2.17. The Labute approximate surface area is 102 Å². The average molecular weight is 233 g/mol. The van der Waals surface area contributed by atoms with E-state index in [1.165, 1.54) is 0 Å². The molecule has 0 fully saturated rings. The van der Waals surface area contributed by atoms with E-state index in [9.17, 15) is 4.79 Å². The molecule has 0 aliphatic heterocycles. The molecule has 0 aliphatic rings. The van der Waals surface area contributed by atoms with Crippen molar-refractivity contribution < 1.29 is 4.79 Å². The zero-order valence-corrected chi connectivity index (χ0v) is 10.7. The molecule has 0 bridgehead atoms. The summed E-state index contributed by atoms with van der Waals surface area (Å²) in [5.41, 5.74) is 10.1. The van der Waals surface area contributed by atoms with Crippen molar-refractivity contribution in [1.29, 1.82) is 0 Å². The first kappa shape index (κ1) is 13.2. The van der Waals surface area contributed by atoms with Gasteiger partial charge in [-0.1, -0.05) is 20.8 Å². The fraction of sp³-hybridized carbons (Fsp3) is 0.385. The summed E-state index contributed by atoms with van der Waals surface area (Å²) < 4.78 is 0. The number of anilines is 1. The highest BCUT2D eigenvalue weighted by atomic mass is 16.2. The van der Waals surface area contributed by atoms with E-state index in [-0.39, 0.29) is 11.3 Å². The molecular formula is C13H19N3O. The van der Waals surface area contributed by atoms with Crippen LogP contribution in [0.2, 0.25) is 0 Å². The van der Waals surface area contributed by atoms with Crippen LogP contribution in [0.3, 0.4) is 0 Å². The van der Waals surface area contributed by atoms with Crippen LogP contribution in [-0.2, 0) is 0 Å². The van der Waals surface area contributed by atoms with Crippen LogP contribution in [0, 0.1) is 5.41 Å². The van der Waals surface area contributed by atoms with Crippen molar-refractivity contribution in [3.8, 4) is 0 Å². The molecule has 0 atom stereocenters. The normalized spacial score (nSPS) is 12.4. The quantitative estimate of drug-likeness (QED) is 0.468. The van der Waals surface area contributed by atoms with Crippen molar-refractivity contribution in [1.82, 2.24) is 5.43 Å². The summed E-state index contributed by atoms with van der Waals surface area (Å²) in [5, 5.41) is 4.08. The minimum absolute atomic E-state index is 0.0472. The summed E-state index contributed by atoms with van der Waals surface area (Å²) in [6.07, 6.45) is 0. The maximum absolute atomic E-state index is 11.7. The average Bonchev–Trinajstić information content (AvgIpc) is 2.25. The van der Waals surface area contributed by atoms with Gasteiger partial charge in [-0.15, -0.1) is 0 Å². The van der Waals surface area contributed by atoms with E-state index in [1.807, 2.05) is 27.7 Å². The topological polar surface area (TPSA) is 67.5 Å². The molecule has 0 saturated carbocycles. The van der Waals surface area contributed by atoms with E-state index in [0.717, 1.165) is 5.71 Å². The van der Waals surface area contributed by atoms with Crippen molar-refractivity contribution >= 4 is 17.3 Å². The maximum Gasteiger partial charge on any atom is 0.271 e. The van der Waals surface area contributed by atoms with Gasteiger partial charge in [0.1, 0.15) is 0 Å². The molecule has 1 aromatic carbocycles. The highest BCUT2D eigenvalue weighted by molar-refractivity contribution is 5.96. The predicted molar refractivity (Wildman–Crippen MR) is 70.9 cm³/mol. The molecular weight excluding hydrogens is 214 g/mol. The summed E-state index contributed by atoms with van der Waals surface area (Å²) in [6, 6.07) is 6.73. The smallest absolute Gasteiger partial charge is 0.271 e. The third-order valence-electron chi connectivity index (χ3n) is 2.58. The van der Waals surface area contributed by atoms with Crippen molar-refractivity contribution in [2.45, 2.75) is 27.7 Å². The summed E-state index contributed by atoms with van der Waals surface area (Å²) in [4.78, 5) is 11.7. The number of benzene rings is 1. The Kier molecular flexibility index (Phi) is 3.89.